The minimum Gasteiger partial charge on any atom is -0.280 e. The van der Waals surface area contributed by atoms with Gasteiger partial charge in [0.05, 0.1) is 11.7 Å². The average molecular weight is 431 g/mol. The number of hydrogen-bond acceptors (Lipinski definition) is 3. The number of sulfonamides is 1. The van der Waals surface area contributed by atoms with Gasteiger partial charge in [-0.05, 0) is 52.3 Å². The fraction of sp³-hybridized carbons (Fsp3) is 0. The molecule has 21 heavy (non-hydrogen) atoms. The standard InChI is InChI=1S/C13H9Br2N3O2S/c14-9-1-3-11(15)13(6-9)21(19,20)18-10-2-4-12-8(5-10)7-16-17-12/h1-7,18H,(H,16,17). The molecule has 1 heterocycles. The van der Waals surface area contributed by atoms with Crippen LogP contribution in [0.4, 0.5) is 5.69 Å². The van der Waals surface area contributed by atoms with Crippen molar-refractivity contribution in [3.8, 4) is 0 Å². The second-order valence-electron chi connectivity index (χ2n) is 4.35. The van der Waals surface area contributed by atoms with Crippen molar-refractivity contribution in [1.29, 1.82) is 0 Å². The molecule has 0 bridgehead atoms. The molecule has 0 atom stereocenters. The summed E-state index contributed by atoms with van der Waals surface area (Å²) in [5.74, 6) is 0. The van der Waals surface area contributed by atoms with Crippen LogP contribution in [0.25, 0.3) is 10.9 Å². The molecule has 0 unspecified atom stereocenters. The number of aromatic amines is 1. The zero-order valence-corrected chi connectivity index (χ0v) is 14.5. The van der Waals surface area contributed by atoms with E-state index in [1.54, 1.807) is 42.6 Å². The van der Waals surface area contributed by atoms with Gasteiger partial charge in [0.15, 0.2) is 0 Å². The molecular weight excluding hydrogens is 422 g/mol. The summed E-state index contributed by atoms with van der Waals surface area (Å²) in [7, 11) is -3.68. The number of nitrogens with zero attached hydrogens (tertiary/aromatic N) is 1. The van der Waals surface area contributed by atoms with E-state index in [1.807, 2.05) is 0 Å². The van der Waals surface area contributed by atoms with Gasteiger partial charge in [-0.15, -0.1) is 0 Å². The Morgan fingerprint density at radius 1 is 1.10 bits per heavy atom. The van der Waals surface area contributed by atoms with Crippen LogP contribution in [0.1, 0.15) is 0 Å². The molecule has 3 aromatic rings. The predicted octanol–water partition coefficient (Wildman–Crippen LogP) is 3.89. The largest absolute Gasteiger partial charge is 0.280 e. The number of rotatable bonds is 3. The first kappa shape index (κ1) is 14.6. The average Bonchev–Trinajstić information content (AvgIpc) is 2.88. The van der Waals surface area contributed by atoms with E-state index in [1.165, 1.54) is 0 Å². The third-order valence-corrected chi connectivity index (χ3v) is 5.74. The minimum atomic E-state index is -3.68. The molecule has 2 N–H and O–H groups in total. The molecule has 0 saturated heterocycles. The van der Waals surface area contributed by atoms with Gasteiger partial charge in [-0.1, -0.05) is 15.9 Å². The zero-order valence-electron chi connectivity index (χ0n) is 10.5. The first-order valence-corrected chi connectivity index (χ1v) is 8.94. The molecule has 2 aromatic carbocycles. The van der Waals surface area contributed by atoms with Crippen molar-refractivity contribution in [1.82, 2.24) is 10.2 Å². The summed E-state index contributed by atoms with van der Waals surface area (Å²) in [4.78, 5) is 0.171. The molecule has 0 aliphatic carbocycles. The van der Waals surface area contributed by atoms with Crippen LogP contribution in [-0.2, 0) is 10.0 Å². The molecule has 0 spiro atoms. The molecule has 0 amide bonds. The molecule has 3 rings (SSSR count). The highest BCUT2D eigenvalue weighted by Gasteiger charge is 2.18. The van der Waals surface area contributed by atoms with Crippen molar-refractivity contribution in [2.24, 2.45) is 0 Å². The Bertz CT molecular complexity index is 922. The number of aromatic nitrogens is 2. The fourth-order valence-corrected chi connectivity index (χ4v) is 4.45. The van der Waals surface area contributed by atoms with Crippen LogP contribution in [0.5, 0.6) is 0 Å². The van der Waals surface area contributed by atoms with E-state index < -0.39 is 10.0 Å². The van der Waals surface area contributed by atoms with E-state index in [0.29, 0.717) is 14.6 Å². The Morgan fingerprint density at radius 3 is 2.71 bits per heavy atom. The normalized spacial score (nSPS) is 11.7. The molecule has 0 saturated carbocycles. The molecule has 1 aromatic heterocycles. The fourth-order valence-electron chi connectivity index (χ4n) is 1.90. The van der Waals surface area contributed by atoms with E-state index in [-0.39, 0.29) is 4.90 Å². The number of benzene rings is 2. The maximum Gasteiger partial charge on any atom is 0.263 e. The topological polar surface area (TPSA) is 74.8 Å². The van der Waals surface area contributed by atoms with Gasteiger partial charge in [0.2, 0.25) is 0 Å². The van der Waals surface area contributed by atoms with Gasteiger partial charge in [0, 0.05) is 20.0 Å². The summed E-state index contributed by atoms with van der Waals surface area (Å²) in [6.45, 7) is 0. The number of fused-ring (bicyclic) bond motifs is 1. The Morgan fingerprint density at radius 2 is 1.90 bits per heavy atom. The summed E-state index contributed by atoms with van der Waals surface area (Å²) in [6.07, 6.45) is 1.64. The highest BCUT2D eigenvalue weighted by atomic mass is 79.9. The second kappa shape index (κ2) is 5.43. The Hall–Kier alpha value is -1.38. The zero-order chi connectivity index (χ0) is 15.0. The molecule has 8 heteroatoms. The number of hydrogen-bond donors (Lipinski definition) is 2. The highest BCUT2D eigenvalue weighted by molar-refractivity contribution is 9.11. The van der Waals surface area contributed by atoms with Gasteiger partial charge in [-0.2, -0.15) is 5.10 Å². The van der Waals surface area contributed by atoms with Crippen molar-refractivity contribution in [3.63, 3.8) is 0 Å². The monoisotopic (exact) mass is 429 g/mol. The summed E-state index contributed by atoms with van der Waals surface area (Å²) in [5.41, 5.74) is 1.33. The van der Waals surface area contributed by atoms with Crippen LogP contribution in [0.2, 0.25) is 0 Å². The van der Waals surface area contributed by atoms with Crippen LogP contribution in [0.15, 0.2) is 56.4 Å². The molecular formula is C13H9Br2N3O2S. The number of anilines is 1. The number of H-pyrrole nitrogens is 1. The van der Waals surface area contributed by atoms with Crippen LogP contribution in [0.3, 0.4) is 0 Å². The highest BCUT2D eigenvalue weighted by Crippen LogP contribution is 2.28. The quantitative estimate of drug-likeness (QED) is 0.661. The van der Waals surface area contributed by atoms with Crippen molar-refractivity contribution in [3.05, 3.63) is 51.5 Å². The lowest BCUT2D eigenvalue weighted by molar-refractivity contribution is 0.600. The van der Waals surface area contributed by atoms with Crippen molar-refractivity contribution < 1.29 is 8.42 Å². The maximum atomic E-state index is 12.5. The molecule has 0 radical (unpaired) electrons. The van der Waals surface area contributed by atoms with Gasteiger partial charge in [0.1, 0.15) is 4.90 Å². The summed E-state index contributed by atoms with van der Waals surface area (Å²) in [5, 5.41) is 7.56. The Labute approximate surface area is 138 Å². The van der Waals surface area contributed by atoms with Crippen molar-refractivity contribution in [2.45, 2.75) is 4.90 Å². The third kappa shape index (κ3) is 2.97. The lowest BCUT2D eigenvalue weighted by atomic mass is 10.2. The van der Waals surface area contributed by atoms with E-state index in [2.05, 4.69) is 46.8 Å². The minimum absolute atomic E-state index is 0.171. The first-order valence-electron chi connectivity index (χ1n) is 5.87. The Kier molecular flexibility index (Phi) is 3.76. The molecule has 108 valence electrons. The van der Waals surface area contributed by atoms with Gasteiger partial charge in [0.25, 0.3) is 10.0 Å². The molecule has 0 aliphatic rings. The van der Waals surface area contributed by atoms with E-state index in [9.17, 15) is 8.42 Å². The lowest BCUT2D eigenvalue weighted by Crippen LogP contribution is -2.13. The van der Waals surface area contributed by atoms with Gasteiger partial charge >= 0.3 is 0 Å². The van der Waals surface area contributed by atoms with E-state index in [4.69, 9.17) is 0 Å². The van der Waals surface area contributed by atoms with Crippen molar-refractivity contribution in [2.75, 3.05) is 4.72 Å². The SMILES string of the molecule is O=S(=O)(Nc1ccc2[nH]ncc2c1)c1cc(Br)ccc1Br. The predicted molar refractivity (Wildman–Crippen MR) is 88.7 cm³/mol. The van der Waals surface area contributed by atoms with E-state index >= 15 is 0 Å². The van der Waals surface area contributed by atoms with Crippen LogP contribution in [0, 0.1) is 0 Å². The first-order chi connectivity index (χ1) is 9.95. The smallest absolute Gasteiger partial charge is 0.263 e. The molecule has 5 nitrogen and oxygen atoms in total. The van der Waals surface area contributed by atoms with E-state index in [0.717, 1.165) is 10.9 Å². The summed E-state index contributed by atoms with van der Waals surface area (Å²) < 4.78 is 28.7. The lowest BCUT2D eigenvalue weighted by Gasteiger charge is -2.10. The van der Waals surface area contributed by atoms with Crippen molar-refractivity contribution >= 4 is 58.5 Å². The summed E-state index contributed by atoms with van der Waals surface area (Å²) in [6, 6.07) is 10.2. The molecule has 0 aliphatic heterocycles. The third-order valence-electron chi connectivity index (χ3n) is 2.88. The summed E-state index contributed by atoms with van der Waals surface area (Å²) >= 11 is 6.53. The van der Waals surface area contributed by atoms with Crippen LogP contribution < -0.4 is 4.72 Å². The maximum absolute atomic E-state index is 12.5. The van der Waals surface area contributed by atoms with Crippen LogP contribution in [-0.4, -0.2) is 18.6 Å². The van der Waals surface area contributed by atoms with Gasteiger partial charge in [-0.3, -0.25) is 9.82 Å². The van der Waals surface area contributed by atoms with Crippen LogP contribution >= 0.6 is 31.9 Å². The van der Waals surface area contributed by atoms with Gasteiger partial charge in [-0.25, -0.2) is 8.42 Å². The second-order valence-corrected chi connectivity index (χ2v) is 7.77. The number of nitrogens with one attached hydrogen (secondary N) is 2. The molecule has 0 fully saturated rings. The van der Waals surface area contributed by atoms with Gasteiger partial charge < -0.3 is 0 Å². The number of halogens is 2. The Balaban J connectivity index is 2.00.